The van der Waals surface area contributed by atoms with E-state index in [1.807, 2.05) is 31.4 Å². The van der Waals surface area contributed by atoms with Gasteiger partial charge in [-0.25, -0.2) is 4.98 Å². The number of carbonyl (C=O) groups excluding carboxylic acids is 1. The predicted molar refractivity (Wildman–Crippen MR) is 109 cm³/mol. The second-order valence-corrected chi connectivity index (χ2v) is 8.23. The number of nitrogens with one attached hydrogen (secondary N) is 1. The highest BCUT2D eigenvalue weighted by Crippen LogP contribution is 2.22. The summed E-state index contributed by atoms with van der Waals surface area (Å²) in [5, 5.41) is 14.1. The van der Waals surface area contributed by atoms with E-state index >= 15 is 0 Å². The van der Waals surface area contributed by atoms with Crippen LogP contribution in [0.2, 0.25) is 0 Å². The molecule has 3 aromatic rings. The average molecular weight is 399 g/mol. The number of benzene rings is 1. The highest BCUT2D eigenvalue weighted by atomic mass is 32.2. The van der Waals surface area contributed by atoms with Crippen LogP contribution in [0.1, 0.15) is 19.4 Å². The molecular formula is C19H18N4O2S2. The topological polar surface area (TPSA) is 87.8 Å². The van der Waals surface area contributed by atoms with Crippen molar-refractivity contribution >= 4 is 44.9 Å². The van der Waals surface area contributed by atoms with Crippen LogP contribution in [0.25, 0.3) is 10.2 Å². The number of thioether (sulfide) groups is 1. The van der Waals surface area contributed by atoms with Crippen molar-refractivity contribution in [2.24, 2.45) is 5.92 Å². The lowest BCUT2D eigenvalue weighted by molar-refractivity contribution is -0.113. The Morgan fingerprint density at radius 2 is 2.22 bits per heavy atom. The van der Waals surface area contributed by atoms with Gasteiger partial charge in [0, 0.05) is 12.2 Å². The van der Waals surface area contributed by atoms with Gasteiger partial charge in [0.05, 0.1) is 22.9 Å². The van der Waals surface area contributed by atoms with Gasteiger partial charge in [-0.1, -0.05) is 31.7 Å². The third kappa shape index (κ3) is 4.56. The molecule has 8 heteroatoms. The van der Waals surface area contributed by atoms with Crippen molar-refractivity contribution in [2.75, 3.05) is 11.1 Å². The molecule has 27 heavy (non-hydrogen) atoms. The van der Waals surface area contributed by atoms with E-state index in [9.17, 15) is 9.59 Å². The largest absolute Gasteiger partial charge is 0.325 e. The molecule has 1 N–H and O–H groups in total. The van der Waals surface area contributed by atoms with Gasteiger partial charge >= 0.3 is 0 Å². The average Bonchev–Trinajstić information content (AvgIpc) is 3.11. The third-order valence-corrected chi connectivity index (χ3v) is 5.55. The van der Waals surface area contributed by atoms with Crippen molar-refractivity contribution in [1.82, 2.24) is 9.55 Å². The van der Waals surface area contributed by atoms with Crippen molar-refractivity contribution in [3.8, 4) is 6.07 Å². The summed E-state index contributed by atoms with van der Waals surface area (Å²) >= 11 is 2.62. The molecule has 3 rings (SSSR count). The molecule has 0 spiro atoms. The number of anilines is 1. The first-order chi connectivity index (χ1) is 13.0. The fraction of sp³-hybridized carbons (Fsp3) is 0.263. The summed E-state index contributed by atoms with van der Waals surface area (Å²) in [6, 6.07) is 10.6. The summed E-state index contributed by atoms with van der Waals surface area (Å²) in [5.41, 5.74) is 1.65. The Hall–Kier alpha value is -2.63. The maximum atomic E-state index is 12.7. The minimum Gasteiger partial charge on any atom is -0.325 e. The molecule has 0 aliphatic carbocycles. The van der Waals surface area contributed by atoms with E-state index in [2.05, 4.69) is 10.3 Å². The summed E-state index contributed by atoms with van der Waals surface area (Å²) < 4.78 is 2.29. The van der Waals surface area contributed by atoms with Gasteiger partial charge < -0.3 is 5.32 Å². The summed E-state index contributed by atoms with van der Waals surface area (Å²) in [7, 11) is 0. The maximum absolute atomic E-state index is 12.7. The van der Waals surface area contributed by atoms with E-state index in [-0.39, 0.29) is 23.1 Å². The Bertz CT molecular complexity index is 1080. The molecular weight excluding hydrogens is 380 g/mol. The minimum atomic E-state index is -0.217. The Morgan fingerprint density at radius 1 is 1.41 bits per heavy atom. The molecule has 0 saturated carbocycles. The van der Waals surface area contributed by atoms with Gasteiger partial charge in [-0.2, -0.15) is 5.26 Å². The number of hydrogen-bond donors (Lipinski definition) is 1. The van der Waals surface area contributed by atoms with Gasteiger partial charge in [0.2, 0.25) is 5.91 Å². The predicted octanol–water partition coefficient (Wildman–Crippen LogP) is 3.72. The lowest BCUT2D eigenvalue weighted by Gasteiger charge is -2.13. The molecule has 0 aliphatic rings. The first-order valence-corrected chi connectivity index (χ1v) is 10.3. The van der Waals surface area contributed by atoms with Crippen molar-refractivity contribution < 1.29 is 4.79 Å². The molecule has 1 aromatic carbocycles. The molecule has 2 heterocycles. The van der Waals surface area contributed by atoms with Crippen molar-refractivity contribution in [3.63, 3.8) is 0 Å². The second kappa shape index (κ2) is 8.37. The smallest absolute Gasteiger partial charge is 0.272 e. The summed E-state index contributed by atoms with van der Waals surface area (Å²) in [5.74, 6) is 0.186. The molecule has 1 amide bonds. The fourth-order valence-corrected chi connectivity index (χ4v) is 4.14. The minimum absolute atomic E-state index is 0.0617. The second-order valence-electron chi connectivity index (χ2n) is 6.37. The Kier molecular flexibility index (Phi) is 5.94. The molecule has 0 unspecified atom stereocenters. The highest BCUT2D eigenvalue weighted by molar-refractivity contribution is 7.99. The maximum Gasteiger partial charge on any atom is 0.272 e. The van der Waals surface area contributed by atoms with Crippen LogP contribution in [-0.2, 0) is 11.3 Å². The SMILES string of the molecule is CC(C)Cn1c(SCC(=O)Nc2cccc(C#N)c2)nc2ccsc2c1=O. The lowest BCUT2D eigenvalue weighted by atomic mass is 10.2. The van der Waals surface area contributed by atoms with Gasteiger partial charge in [0.1, 0.15) is 4.70 Å². The van der Waals surface area contributed by atoms with Crippen LogP contribution in [0, 0.1) is 17.2 Å². The number of nitrogens with zero attached hydrogens (tertiary/aromatic N) is 3. The van der Waals surface area contributed by atoms with Crippen LogP contribution in [-0.4, -0.2) is 21.2 Å². The quantitative estimate of drug-likeness (QED) is 0.505. The number of amides is 1. The lowest BCUT2D eigenvalue weighted by Crippen LogP contribution is -2.25. The van der Waals surface area contributed by atoms with E-state index in [0.29, 0.717) is 33.2 Å². The first-order valence-electron chi connectivity index (χ1n) is 8.39. The number of carbonyl (C=O) groups is 1. The van der Waals surface area contributed by atoms with E-state index in [4.69, 9.17) is 5.26 Å². The van der Waals surface area contributed by atoms with Gasteiger partial charge in [-0.15, -0.1) is 11.3 Å². The zero-order valence-electron chi connectivity index (χ0n) is 14.9. The van der Waals surface area contributed by atoms with Crippen molar-refractivity contribution in [2.45, 2.75) is 25.5 Å². The zero-order valence-corrected chi connectivity index (χ0v) is 16.6. The molecule has 138 valence electrons. The van der Waals surface area contributed by atoms with Crippen LogP contribution in [0.5, 0.6) is 0 Å². The van der Waals surface area contributed by atoms with Crippen molar-refractivity contribution in [3.05, 3.63) is 51.6 Å². The van der Waals surface area contributed by atoms with Gasteiger partial charge in [0.25, 0.3) is 5.56 Å². The molecule has 2 aromatic heterocycles. The van der Waals surface area contributed by atoms with Crippen LogP contribution in [0.4, 0.5) is 5.69 Å². The van der Waals surface area contributed by atoms with Gasteiger partial charge in [-0.05, 0) is 35.6 Å². The summed E-state index contributed by atoms with van der Waals surface area (Å²) in [4.78, 5) is 29.6. The number of thiophene rings is 1. The monoisotopic (exact) mass is 398 g/mol. The first kappa shape index (κ1) is 19.1. The normalized spacial score (nSPS) is 10.9. The van der Waals surface area contributed by atoms with E-state index in [1.165, 1.54) is 23.1 Å². The van der Waals surface area contributed by atoms with E-state index in [0.717, 1.165) is 0 Å². The fourth-order valence-electron chi connectivity index (χ4n) is 2.55. The summed E-state index contributed by atoms with van der Waals surface area (Å²) in [6.07, 6.45) is 0. The molecule has 0 saturated heterocycles. The highest BCUT2D eigenvalue weighted by Gasteiger charge is 2.15. The summed E-state index contributed by atoms with van der Waals surface area (Å²) in [6.45, 7) is 4.62. The zero-order chi connectivity index (χ0) is 19.4. The third-order valence-electron chi connectivity index (χ3n) is 3.69. The molecule has 6 nitrogen and oxygen atoms in total. The van der Waals surface area contributed by atoms with Crippen LogP contribution in [0.3, 0.4) is 0 Å². The Morgan fingerprint density at radius 3 is 2.96 bits per heavy atom. The molecule has 0 bridgehead atoms. The molecule has 0 atom stereocenters. The number of rotatable bonds is 6. The standard InChI is InChI=1S/C19H18N4O2S2/c1-12(2)10-23-18(25)17-15(6-7-26-17)22-19(23)27-11-16(24)21-14-5-3-4-13(8-14)9-20/h3-8,12H,10-11H2,1-2H3,(H,21,24). The van der Waals surface area contributed by atoms with E-state index < -0.39 is 0 Å². The molecule has 0 aliphatic heterocycles. The van der Waals surface area contributed by atoms with Crippen LogP contribution in [0.15, 0.2) is 45.7 Å². The van der Waals surface area contributed by atoms with Crippen LogP contribution >= 0.6 is 23.1 Å². The number of nitriles is 1. The van der Waals surface area contributed by atoms with Crippen molar-refractivity contribution in [1.29, 1.82) is 5.26 Å². The number of aromatic nitrogens is 2. The van der Waals surface area contributed by atoms with Gasteiger partial charge in [-0.3, -0.25) is 14.2 Å². The Balaban J connectivity index is 1.78. The van der Waals surface area contributed by atoms with Gasteiger partial charge in [0.15, 0.2) is 5.16 Å². The Labute approximate surface area is 164 Å². The van der Waals surface area contributed by atoms with E-state index in [1.54, 1.807) is 28.8 Å². The van der Waals surface area contributed by atoms with Crippen LogP contribution < -0.4 is 10.9 Å². The number of fused-ring (bicyclic) bond motifs is 1. The molecule has 0 radical (unpaired) electrons. The number of hydrogen-bond acceptors (Lipinski definition) is 6. The molecule has 0 fully saturated rings.